The number of hydrogen-bond donors (Lipinski definition) is 1. The van der Waals surface area contributed by atoms with E-state index < -0.39 is 0 Å². The fourth-order valence-corrected chi connectivity index (χ4v) is 6.88. The summed E-state index contributed by atoms with van der Waals surface area (Å²) in [7, 11) is 0. The fourth-order valence-electron chi connectivity index (χ4n) is 6.88. The minimum Gasteiger partial charge on any atom is -0.352 e. The highest BCUT2D eigenvalue weighted by Crippen LogP contribution is 2.38. The molecule has 2 aliphatic heterocycles. The Bertz CT molecular complexity index is 1110. The Hall–Kier alpha value is -3.00. The van der Waals surface area contributed by atoms with E-state index in [1.807, 2.05) is 13.8 Å². The maximum absolute atomic E-state index is 13.9. The van der Waals surface area contributed by atoms with Crippen LogP contribution in [0.5, 0.6) is 0 Å². The van der Waals surface area contributed by atoms with E-state index in [0.717, 1.165) is 51.7 Å². The number of benzene rings is 1. The van der Waals surface area contributed by atoms with Gasteiger partial charge >= 0.3 is 6.03 Å². The minimum atomic E-state index is -0.0986. The molecule has 2 atom stereocenters. The summed E-state index contributed by atoms with van der Waals surface area (Å²) in [6, 6.07) is 12.0. The Kier molecular flexibility index (Phi) is 8.80. The summed E-state index contributed by atoms with van der Waals surface area (Å²) in [6.07, 6.45) is 10.4. The number of aryl methyl sites for hydroxylation is 2. The standard InChI is InChI=1S/C31H44N6O2/c1-22(14-17-32-30(38)29-23(2)33-21-34-24(29)3)35-18-15-27(16-19-35)37-28(25-10-6-4-7-11-25)20-36(31(37)39)26-12-8-5-9-13-26/h4,6-7,10-11,21-22,26-28H,5,8-9,12-20H2,1-3H3,(H,32,38)/t22-,28-/m0/s1. The van der Waals surface area contributed by atoms with E-state index in [1.54, 1.807) is 0 Å². The zero-order valence-electron chi connectivity index (χ0n) is 23.8. The van der Waals surface area contributed by atoms with Crippen LogP contribution in [0.1, 0.15) is 91.6 Å². The van der Waals surface area contributed by atoms with E-state index in [-0.39, 0.29) is 24.0 Å². The summed E-state index contributed by atoms with van der Waals surface area (Å²) in [5.74, 6) is -0.0986. The van der Waals surface area contributed by atoms with E-state index >= 15 is 0 Å². The number of aromatic nitrogens is 2. The molecule has 3 heterocycles. The van der Waals surface area contributed by atoms with Crippen molar-refractivity contribution >= 4 is 11.9 Å². The van der Waals surface area contributed by atoms with Gasteiger partial charge in [-0.1, -0.05) is 49.6 Å². The van der Waals surface area contributed by atoms with Crippen LogP contribution >= 0.6 is 0 Å². The molecule has 1 N–H and O–H groups in total. The first-order valence-electron chi connectivity index (χ1n) is 14.9. The van der Waals surface area contributed by atoms with Gasteiger partial charge in [-0.25, -0.2) is 14.8 Å². The van der Waals surface area contributed by atoms with E-state index in [9.17, 15) is 9.59 Å². The second kappa shape index (κ2) is 12.5. The first-order valence-corrected chi connectivity index (χ1v) is 14.9. The second-order valence-corrected chi connectivity index (χ2v) is 11.6. The lowest BCUT2D eigenvalue weighted by molar-refractivity contribution is 0.0877. The molecule has 1 saturated carbocycles. The van der Waals surface area contributed by atoms with Crippen LogP contribution in [0.15, 0.2) is 36.7 Å². The molecule has 1 aliphatic carbocycles. The Balaban J connectivity index is 1.17. The molecule has 3 aliphatic rings. The molecule has 39 heavy (non-hydrogen) atoms. The first-order chi connectivity index (χ1) is 18.9. The lowest BCUT2D eigenvalue weighted by Gasteiger charge is -2.41. The number of urea groups is 1. The van der Waals surface area contributed by atoms with Crippen molar-refractivity contribution < 1.29 is 9.59 Å². The van der Waals surface area contributed by atoms with Crippen LogP contribution in [0.3, 0.4) is 0 Å². The predicted molar refractivity (Wildman–Crippen MR) is 153 cm³/mol. The first kappa shape index (κ1) is 27.6. The van der Waals surface area contributed by atoms with Crippen molar-refractivity contribution in [3.63, 3.8) is 0 Å². The van der Waals surface area contributed by atoms with Gasteiger partial charge in [-0.3, -0.25) is 4.79 Å². The third-order valence-electron chi connectivity index (χ3n) is 9.19. The Labute approximate surface area is 233 Å². The predicted octanol–water partition coefficient (Wildman–Crippen LogP) is 4.88. The molecule has 1 aromatic carbocycles. The van der Waals surface area contributed by atoms with Gasteiger partial charge in [-0.05, 0) is 58.4 Å². The van der Waals surface area contributed by atoms with Crippen LogP contribution in [0.4, 0.5) is 4.79 Å². The summed E-state index contributed by atoms with van der Waals surface area (Å²) in [4.78, 5) is 41.9. The van der Waals surface area contributed by atoms with Gasteiger partial charge in [0.25, 0.3) is 5.91 Å². The Morgan fingerprint density at radius 1 is 0.974 bits per heavy atom. The smallest absolute Gasteiger partial charge is 0.321 e. The van der Waals surface area contributed by atoms with Crippen LogP contribution in [-0.2, 0) is 0 Å². The minimum absolute atomic E-state index is 0.0986. The third-order valence-corrected chi connectivity index (χ3v) is 9.19. The average molecular weight is 533 g/mol. The number of carbonyl (C=O) groups is 2. The summed E-state index contributed by atoms with van der Waals surface area (Å²) < 4.78 is 0. The monoisotopic (exact) mass is 532 g/mol. The zero-order chi connectivity index (χ0) is 27.4. The molecule has 3 fully saturated rings. The summed E-state index contributed by atoms with van der Waals surface area (Å²) in [6.45, 7) is 9.31. The summed E-state index contributed by atoms with van der Waals surface area (Å²) >= 11 is 0. The molecule has 0 unspecified atom stereocenters. The van der Waals surface area contributed by atoms with Crippen LogP contribution in [0, 0.1) is 13.8 Å². The maximum atomic E-state index is 13.9. The van der Waals surface area contributed by atoms with E-state index in [1.165, 1.54) is 31.2 Å². The number of piperidine rings is 1. The molecule has 3 amide bonds. The van der Waals surface area contributed by atoms with Crippen molar-refractivity contribution in [2.75, 3.05) is 26.2 Å². The van der Waals surface area contributed by atoms with Crippen LogP contribution < -0.4 is 5.32 Å². The van der Waals surface area contributed by atoms with Gasteiger partial charge in [0.1, 0.15) is 6.33 Å². The summed E-state index contributed by atoms with van der Waals surface area (Å²) in [5.41, 5.74) is 3.26. The molecule has 0 radical (unpaired) electrons. The molecule has 2 aromatic rings. The van der Waals surface area contributed by atoms with Gasteiger partial charge < -0.3 is 20.0 Å². The lowest BCUT2D eigenvalue weighted by atomic mass is 9.94. The van der Waals surface area contributed by atoms with Crippen molar-refractivity contribution in [2.24, 2.45) is 0 Å². The number of hydrogen-bond acceptors (Lipinski definition) is 5. The van der Waals surface area contributed by atoms with Crippen molar-refractivity contribution in [3.8, 4) is 0 Å². The number of carbonyl (C=O) groups excluding carboxylic acids is 2. The zero-order valence-corrected chi connectivity index (χ0v) is 23.8. The van der Waals surface area contributed by atoms with Crippen molar-refractivity contribution in [1.29, 1.82) is 0 Å². The molecule has 8 nitrogen and oxygen atoms in total. The molecular weight excluding hydrogens is 488 g/mol. The molecule has 210 valence electrons. The van der Waals surface area contributed by atoms with Gasteiger partial charge in [0.05, 0.1) is 23.0 Å². The highest BCUT2D eigenvalue weighted by molar-refractivity contribution is 5.96. The highest BCUT2D eigenvalue weighted by Gasteiger charge is 2.45. The molecular formula is C31H44N6O2. The average Bonchev–Trinajstić information content (AvgIpc) is 3.31. The lowest BCUT2D eigenvalue weighted by Crippen LogP contribution is -2.50. The largest absolute Gasteiger partial charge is 0.352 e. The van der Waals surface area contributed by atoms with Gasteiger partial charge in [0.15, 0.2) is 0 Å². The van der Waals surface area contributed by atoms with Gasteiger partial charge in [0.2, 0.25) is 0 Å². The Morgan fingerprint density at radius 3 is 2.31 bits per heavy atom. The SMILES string of the molecule is Cc1ncnc(C)c1C(=O)NCC[C@H](C)N1CCC(N2C(=O)N(C3CCCCC3)C[C@H]2c2ccccc2)CC1. The van der Waals surface area contributed by atoms with Gasteiger partial charge in [0, 0.05) is 44.3 Å². The molecule has 1 aromatic heterocycles. The van der Waals surface area contributed by atoms with Crippen molar-refractivity contribution in [1.82, 2.24) is 30.0 Å². The number of nitrogens with one attached hydrogen (secondary N) is 1. The highest BCUT2D eigenvalue weighted by atomic mass is 16.2. The topological polar surface area (TPSA) is 81.7 Å². The molecule has 2 saturated heterocycles. The number of rotatable bonds is 8. The normalized spacial score (nSPS) is 22.3. The quantitative estimate of drug-likeness (QED) is 0.524. The summed E-state index contributed by atoms with van der Waals surface area (Å²) in [5, 5.41) is 3.07. The fraction of sp³-hybridized carbons (Fsp3) is 0.613. The molecule has 0 spiro atoms. The van der Waals surface area contributed by atoms with Crippen LogP contribution in [-0.4, -0.2) is 80.9 Å². The van der Waals surface area contributed by atoms with Gasteiger partial charge in [-0.15, -0.1) is 0 Å². The van der Waals surface area contributed by atoms with Crippen molar-refractivity contribution in [2.45, 2.75) is 96.3 Å². The molecule has 0 bridgehead atoms. The van der Waals surface area contributed by atoms with Crippen molar-refractivity contribution in [3.05, 3.63) is 59.2 Å². The van der Waals surface area contributed by atoms with E-state index in [4.69, 9.17) is 0 Å². The molecule has 8 heteroatoms. The third kappa shape index (κ3) is 6.11. The number of nitrogens with zero attached hydrogens (tertiary/aromatic N) is 5. The maximum Gasteiger partial charge on any atom is 0.321 e. The van der Waals surface area contributed by atoms with Crippen LogP contribution in [0.25, 0.3) is 0 Å². The van der Waals surface area contributed by atoms with E-state index in [2.05, 4.69) is 67.2 Å². The number of likely N-dealkylation sites (tertiary alicyclic amines) is 1. The van der Waals surface area contributed by atoms with Gasteiger partial charge in [-0.2, -0.15) is 0 Å². The Morgan fingerprint density at radius 2 is 1.64 bits per heavy atom. The molecule has 5 rings (SSSR count). The number of amides is 3. The second-order valence-electron chi connectivity index (χ2n) is 11.6. The van der Waals surface area contributed by atoms with E-state index in [0.29, 0.717) is 35.6 Å². The van der Waals surface area contributed by atoms with Crippen LogP contribution in [0.2, 0.25) is 0 Å².